The Morgan fingerprint density at radius 2 is 1.97 bits per heavy atom. The molecule has 0 spiro atoms. The van der Waals surface area contributed by atoms with E-state index >= 15 is 0 Å². The molecule has 1 saturated heterocycles. The largest absolute Gasteiger partial charge is 0.341 e. The first kappa shape index (κ1) is 22.1. The van der Waals surface area contributed by atoms with Gasteiger partial charge in [-0.3, -0.25) is 13.9 Å². The van der Waals surface area contributed by atoms with Crippen molar-refractivity contribution in [3.8, 4) is 17.9 Å². The first-order valence-corrected chi connectivity index (χ1v) is 12.1. The highest BCUT2D eigenvalue weighted by Gasteiger charge is 2.40. The molecule has 2 aromatic carbocycles. The molecule has 1 aliphatic carbocycles. The molecule has 1 fully saturated rings. The third kappa shape index (κ3) is 3.24. The van der Waals surface area contributed by atoms with E-state index in [4.69, 9.17) is 10.7 Å². The fraction of sp³-hybridized carbons (Fsp3) is 0.333. The first-order valence-electron chi connectivity index (χ1n) is 12.1. The minimum atomic E-state index is -0.535. The highest BCUT2D eigenvalue weighted by atomic mass is 16.2. The number of nitriles is 1. The van der Waals surface area contributed by atoms with Gasteiger partial charge in [0.15, 0.2) is 11.2 Å². The van der Waals surface area contributed by atoms with Gasteiger partial charge < -0.3 is 10.6 Å². The van der Waals surface area contributed by atoms with Gasteiger partial charge in [-0.05, 0) is 41.7 Å². The van der Waals surface area contributed by atoms with Gasteiger partial charge in [0.1, 0.15) is 6.54 Å². The van der Waals surface area contributed by atoms with Crippen LogP contribution in [0.2, 0.25) is 0 Å². The number of rotatable bonds is 4. The van der Waals surface area contributed by atoms with Gasteiger partial charge in [0, 0.05) is 19.1 Å². The number of hydrogen-bond donors (Lipinski definition) is 1. The predicted octanol–water partition coefficient (Wildman–Crippen LogP) is 1.94. The smallest absolute Gasteiger partial charge is 0.334 e. The summed E-state index contributed by atoms with van der Waals surface area (Å²) in [5.41, 5.74) is 7.68. The zero-order valence-corrected chi connectivity index (χ0v) is 19.9. The average molecular weight is 480 g/mol. The fourth-order valence-electron chi connectivity index (χ4n) is 5.48. The van der Waals surface area contributed by atoms with Crippen LogP contribution in [-0.4, -0.2) is 37.8 Å². The summed E-state index contributed by atoms with van der Waals surface area (Å²) in [4.78, 5) is 34.6. The van der Waals surface area contributed by atoms with Gasteiger partial charge in [-0.25, -0.2) is 9.36 Å². The zero-order chi connectivity index (χ0) is 25.0. The Labute approximate surface area is 207 Å². The zero-order valence-electron chi connectivity index (χ0n) is 19.9. The second-order valence-electron chi connectivity index (χ2n) is 9.34. The van der Waals surface area contributed by atoms with Crippen molar-refractivity contribution >= 4 is 27.9 Å². The van der Waals surface area contributed by atoms with Gasteiger partial charge in [0.25, 0.3) is 5.56 Å². The van der Waals surface area contributed by atoms with Crippen molar-refractivity contribution in [2.45, 2.75) is 44.9 Å². The van der Waals surface area contributed by atoms with Crippen molar-refractivity contribution < 1.29 is 0 Å². The molecule has 0 bridgehead atoms. The highest BCUT2D eigenvalue weighted by Crippen LogP contribution is 2.47. The van der Waals surface area contributed by atoms with Crippen molar-refractivity contribution in [1.29, 1.82) is 5.26 Å². The molecule has 3 heterocycles. The summed E-state index contributed by atoms with van der Waals surface area (Å²) in [6, 6.07) is 13.5. The number of nitrogens with two attached hydrogens (primary N) is 1. The maximum Gasteiger partial charge on any atom is 0.334 e. The normalized spacial score (nSPS) is 18.5. The fourth-order valence-corrected chi connectivity index (χ4v) is 5.48. The molecule has 0 amide bonds. The molecule has 9 nitrogen and oxygen atoms in total. The van der Waals surface area contributed by atoms with Crippen LogP contribution in [0.15, 0.2) is 46.0 Å². The summed E-state index contributed by atoms with van der Waals surface area (Å²) in [5, 5.41) is 11.6. The van der Waals surface area contributed by atoms with Gasteiger partial charge in [0.05, 0.1) is 18.7 Å². The third-order valence-electron chi connectivity index (χ3n) is 7.17. The molecular weight excluding hydrogens is 454 g/mol. The van der Waals surface area contributed by atoms with Crippen LogP contribution in [0.1, 0.15) is 36.9 Å². The Morgan fingerprint density at radius 3 is 2.75 bits per heavy atom. The number of nitrogens with zero attached hydrogens (tertiary/aromatic N) is 6. The molecule has 6 rings (SSSR count). The van der Waals surface area contributed by atoms with Crippen LogP contribution >= 0.6 is 0 Å². The number of piperidine rings is 1. The number of hydrogen-bond acceptors (Lipinski definition) is 6. The summed E-state index contributed by atoms with van der Waals surface area (Å²) in [7, 11) is 0. The lowest BCUT2D eigenvalue weighted by Gasteiger charge is -2.31. The Kier molecular flexibility index (Phi) is 5.17. The molecule has 2 atom stereocenters. The van der Waals surface area contributed by atoms with E-state index < -0.39 is 17.3 Å². The lowest BCUT2D eigenvalue weighted by Crippen LogP contribution is -2.44. The van der Waals surface area contributed by atoms with E-state index in [1.165, 1.54) is 9.13 Å². The topological polar surface area (TPSA) is 115 Å². The van der Waals surface area contributed by atoms with Crippen LogP contribution in [0.3, 0.4) is 0 Å². The van der Waals surface area contributed by atoms with Crippen LogP contribution in [-0.2, 0) is 13.1 Å². The number of aromatic nitrogens is 4. The number of imidazole rings is 1. The SMILES string of the molecule is CC#CCn1c(N2CCCC(N)C2)nc2c1c(=O)n(C1c3ccc4ccccc4c31)c(=O)n2CC#N. The molecular formula is C27H25N7O2. The summed E-state index contributed by atoms with van der Waals surface area (Å²) in [6.07, 6.45) is 1.83. The van der Waals surface area contributed by atoms with Crippen molar-refractivity contribution in [1.82, 2.24) is 18.7 Å². The maximum absolute atomic E-state index is 14.1. The lowest BCUT2D eigenvalue weighted by atomic mass is 10.1. The second kappa shape index (κ2) is 8.40. The molecule has 0 radical (unpaired) electrons. The Hall–Kier alpha value is -4.34. The highest BCUT2D eigenvalue weighted by molar-refractivity contribution is 5.92. The number of benzene rings is 2. The summed E-state index contributed by atoms with van der Waals surface area (Å²) >= 11 is 0. The van der Waals surface area contributed by atoms with E-state index in [0.717, 1.165) is 41.3 Å². The Balaban J connectivity index is 1.62. The molecule has 36 heavy (non-hydrogen) atoms. The quantitative estimate of drug-likeness (QED) is 0.394. The van der Waals surface area contributed by atoms with E-state index in [1.54, 1.807) is 11.5 Å². The van der Waals surface area contributed by atoms with E-state index in [9.17, 15) is 14.9 Å². The van der Waals surface area contributed by atoms with Gasteiger partial charge >= 0.3 is 5.69 Å². The van der Waals surface area contributed by atoms with E-state index in [1.807, 2.05) is 36.4 Å². The molecule has 1 aliphatic heterocycles. The van der Waals surface area contributed by atoms with Crippen molar-refractivity contribution in [3.63, 3.8) is 0 Å². The molecule has 2 N–H and O–H groups in total. The molecule has 0 saturated carbocycles. The standard InChI is InChI=1S/C27H25N7O2/c1-2-3-14-32-23-24(30-26(32)31-13-6-8-18(29)16-31)33(15-12-28)27(36)34(25(23)35)22-20-11-10-17-7-4-5-9-19(17)21(20)22/h4-5,7,9-11,18,22H,6,8,13-16,29H2,1H3. The monoisotopic (exact) mass is 479 g/mol. The predicted molar refractivity (Wildman–Crippen MR) is 138 cm³/mol. The second-order valence-corrected chi connectivity index (χ2v) is 9.34. The number of anilines is 1. The van der Waals surface area contributed by atoms with Crippen LogP contribution in [0.25, 0.3) is 21.9 Å². The van der Waals surface area contributed by atoms with Gasteiger partial charge in [-0.2, -0.15) is 10.2 Å². The van der Waals surface area contributed by atoms with E-state index in [0.29, 0.717) is 12.5 Å². The number of fused-ring (bicyclic) bond motifs is 4. The minimum absolute atomic E-state index is 0.00326. The first-order chi connectivity index (χ1) is 17.5. The van der Waals surface area contributed by atoms with Crippen molar-refractivity contribution in [3.05, 3.63) is 68.4 Å². The van der Waals surface area contributed by atoms with E-state index in [-0.39, 0.29) is 30.3 Å². The Morgan fingerprint density at radius 1 is 1.14 bits per heavy atom. The summed E-state index contributed by atoms with van der Waals surface area (Å²) < 4.78 is 4.36. The van der Waals surface area contributed by atoms with Gasteiger partial charge in [0.2, 0.25) is 5.95 Å². The minimum Gasteiger partial charge on any atom is -0.341 e. The molecule has 2 aromatic heterocycles. The lowest BCUT2D eigenvalue weighted by molar-refractivity contribution is 0.496. The molecule has 4 aromatic rings. The molecule has 2 unspecified atom stereocenters. The van der Waals surface area contributed by atoms with Crippen molar-refractivity contribution in [2.24, 2.45) is 5.73 Å². The van der Waals surface area contributed by atoms with Crippen LogP contribution in [0.5, 0.6) is 0 Å². The summed E-state index contributed by atoms with van der Waals surface area (Å²) in [6.45, 7) is 3.11. The van der Waals surface area contributed by atoms with Crippen LogP contribution in [0, 0.1) is 23.2 Å². The van der Waals surface area contributed by atoms with Crippen LogP contribution in [0.4, 0.5) is 5.95 Å². The van der Waals surface area contributed by atoms with Crippen molar-refractivity contribution in [2.75, 3.05) is 18.0 Å². The van der Waals surface area contributed by atoms with Gasteiger partial charge in [-0.1, -0.05) is 42.3 Å². The molecule has 180 valence electrons. The van der Waals surface area contributed by atoms with E-state index in [2.05, 4.69) is 22.8 Å². The molecule has 2 aliphatic rings. The molecule has 9 heteroatoms. The summed E-state index contributed by atoms with van der Waals surface area (Å²) in [5.74, 6) is 6.50. The Bertz CT molecular complexity index is 1760. The maximum atomic E-state index is 14.1. The average Bonchev–Trinajstić information content (AvgIpc) is 3.48. The third-order valence-corrected chi connectivity index (χ3v) is 7.17. The van der Waals surface area contributed by atoms with Gasteiger partial charge in [-0.15, -0.1) is 5.92 Å². The van der Waals surface area contributed by atoms with Crippen LogP contribution < -0.4 is 21.9 Å².